The van der Waals surface area contributed by atoms with Crippen molar-refractivity contribution in [2.24, 2.45) is 0 Å². The third-order valence-corrected chi connectivity index (χ3v) is 4.34. The first-order valence-corrected chi connectivity index (χ1v) is 7.39. The molecule has 2 aromatic carbocycles. The first kappa shape index (κ1) is 15.5. The molecule has 0 saturated carbocycles. The Bertz CT molecular complexity index is 686. The SMILES string of the molecule is Cc1ccc(N(C)Cc2cccc([N+](=O)[O-])c2Br)c(C)c1. The fourth-order valence-corrected chi connectivity index (χ4v) is 2.94. The Hall–Kier alpha value is -1.88. The van der Waals surface area contributed by atoms with Gasteiger partial charge in [-0.15, -0.1) is 0 Å². The molecule has 21 heavy (non-hydrogen) atoms. The lowest BCUT2D eigenvalue weighted by molar-refractivity contribution is -0.385. The number of hydrogen-bond acceptors (Lipinski definition) is 3. The van der Waals surface area contributed by atoms with Crippen molar-refractivity contribution in [1.82, 2.24) is 0 Å². The maximum absolute atomic E-state index is 11.0. The number of nitrogens with zero attached hydrogens (tertiary/aromatic N) is 2. The minimum Gasteiger partial charge on any atom is -0.370 e. The van der Waals surface area contributed by atoms with E-state index in [-0.39, 0.29) is 10.6 Å². The average Bonchev–Trinajstić information content (AvgIpc) is 2.40. The summed E-state index contributed by atoms with van der Waals surface area (Å²) < 4.78 is 0.548. The first-order valence-electron chi connectivity index (χ1n) is 6.60. The van der Waals surface area contributed by atoms with Crippen LogP contribution in [0.5, 0.6) is 0 Å². The molecule has 0 atom stereocenters. The van der Waals surface area contributed by atoms with Crippen LogP contribution in [-0.2, 0) is 6.54 Å². The molecule has 0 aliphatic rings. The van der Waals surface area contributed by atoms with Gasteiger partial charge < -0.3 is 4.90 Å². The Morgan fingerprint density at radius 1 is 1.24 bits per heavy atom. The van der Waals surface area contributed by atoms with Crippen molar-refractivity contribution in [2.45, 2.75) is 20.4 Å². The van der Waals surface area contributed by atoms with E-state index in [0.29, 0.717) is 11.0 Å². The topological polar surface area (TPSA) is 46.4 Å². The summed E-state index contributed by atoms with van der Waals surface area (Å²) in [6.45, 7) is 4.74. The summed E-state index contributed by atoms with van der Waals surface area (Å²) in [6.07, 6.45) is 0. The van der Waals surface area contributed by atoms with E-state index >= 15 is 0 Å². The molecule has 0 unspecified atom stereocenters. The molecule has 0 bridgehead atoms. The summed E-state index contributed by atoms with van der Waals surface area (Å²) in [7, 11) is 1.99. The zero-order valence-corrected chi connectivity index (χ0v) is 13.8. The zero-order chi connectivity index (χ0) is 15.6. The highest BCUT2D eigenvalue weighted by atomic mass is 79.9. The van der Waals surface area contributed by atoms with Crippen LogP contribution in [0.2, 0.25) is 0 Å². The molecule has 0 aliphatic heterocycles. The van der Waals surface area contributed by atoms with E-state index in [0.717, 1.165) is 11.3 Å². The lowest BCUT2D eigenvalue weighted by atomic mass is 10.1. The predicted octanol–water partition coefficient (Wildman–Crippen LogP) is 4.61. The molecule has 5 heteroatoms. The Morgan fingerprint density at radius 3 is 2.57 bits per heavy atom. The van der Waals surface area contributed by atoms with Gasteiger partial charge in [0.1, 0.15) is 4.47 Å². The number of nitro groups is 1. The van der Waals surface area contributed by atoms with Crippen LogP contribution in [0, 0.1) is 24.0 Å². The number of halogens is 1. The van der Waals surface area contributed by atoms with Gasteiger partial charge in [-0.2, -0.15) is 0 Å². The summed E-state index contributed by atoms with van der Waals surface area (Å²) >= 11 is 3.34. The lowest BCUT2D eigenvalue weighted by Gasteiger charge is -2.22. The maximum Gasteiger partial charge on any atom is 0.283 e. The van der Waals surface area contributed by atoms with Gasteiger partial charge in [-0.3, -0.25) is 10.1 Å². The largest absolute Gasteiger partial charge is 0.370 e. The second-order valence-electron chi connectivity index (χ2n) is 5.15. The monoisotopic (exact) mass is 348 g/mol. The van der Waals surface area contributed by atoms with Gasteiger partial charge in [-0.25, -0.2) is 0 Å². The molecule has 2 rings (SSSR count). The molecule has 0 aliphatic carbocycles. The standard InChI is InChI=1S/C16H17BrN2O2/c1-11-7-8-14(12(2)9-11)18(3)10-13-5-4-6-15(16(13)17)19(20)21/h4-9H,10H2,1-3H3. The van der Waals surface area contributed by atoms with Crippen LogP contribution in [0.1, 0.15) is 16.7 Å². The van der Waals surface area contributed by atoms with Crippen molar-refractivity contribution in [1.29, 1.82) is 0 Å². The van der Waals surface area contributed by atoms with Crippen molar-refractivity contribution in [3.8, 4) is 0 Å². The smallest absolute Gasteiger partial charge is 0.283 e. The molecule has 0 aromatic heterocycles. The van der Waals surface area contributed by atoms with E-state index in [4.69, 9.17) is 0 Å². The van der Waals surface area contributed by atoms with E-state index in [1.165, 1.54) is 17.2 Å². The average molecular weight is 349 g/mol. The molecule has 0 heterocycles. The van der Waals surface area contributed by atoms with Gasteiger partial charge >= 0.3 is 0 Å². The van der Waals surface area contributed by atoms with Gasteiger partial charge in [-0.05, 0) is 47.0 Å². The second kappa shape index (κ2) is 6.26. The minimum absolute atomic E-state index is 0.0986. The molecule has 0 saturated heterocycles. The molecule has 2 aromatic rings. The highest BCUT2D eigenvalue weighted by molar-refractivity contribution is 9.10. The molecular formula is C16H17BrN2O2. The van der Waals surface area contributed by atoms with Crippen molar-refractivity contribution >= 4 is 27.3 Å². The summed E-state index contributed by atoms with van der Waals surface area (Å²) in [5, 5.41) is 11.0. The van der Waals surface area contributed by atoms with E-state index in [9.17, 15) is 10.1 Å². The third kappa shape index (κ3) is 3.42. The summed E-state index contributed by atoms with van der Waals surface area (Å²) in [5.41, 5.74) is 4.53. The van der Waals surface area contributed by atoms with Crippen LogP contribution < -0.4 is 4.90 Å². The quantitative estimate of drug-likeness (QED) is 0.598. The summed E-state index contributed by atoms with van der Waals surface area (Å²) in [6, 6.07) is 11.4. The molecule has 110 valence electrons. The normalized spacial score (nSPS) is 10.5. The summed E-state index contributed by atoms with van der Waals surface area (Å²) in [4.78, 5) is 12.7. The maximum atomic E-state index is 11.0. The Balaban J connectivity index is 2.29. The number of hydrogen-bond donors (Lipinski definition) is 0. The van der Waals surface area contributed by atoms with Crippen molar-refractivity contribution in [3.05, 3.63) is 67.7 Å². The van der Waals surface area contributed by atoms with Crippen LogP contribution in [0.15, 0.2) is 40.9 Å². The van der Waals surface area contributed by atoms with E-state index in [2.05, 4.69) is 52.9 Å². The highest BCUT2D eigenvalue weighted by Gasteiger charge is 2.16. The van der Waals surface area contributed by atoms with E-state index < -0.39 is 0 Å². The predicted molar refractivity (Wildman–Crippen MR) is 88.8 cm³/mol. The minimum atomic E-state index is -0.370. The molecule has 0 radical (unpaired) electrons. The number of anilines is 1. The van der Waals surface area contributed by atoms with Crippen LogP contribution >= 0.6 is 15.9 Å². The van der Waals surface area contributed by atoms with Gasteiger partial charge in [0.05, 0.1) is 4.92 Å². The number of rotatable bonds is 4. The van der Waals surface area contributed by atoms with Crippen molar-refractivity contribution in [2.75, 3.05) is 11.9 Å². The summed E-state index contributed by atoms with van der Waals surface area (Å²) in [5.74, 6) is 0. The number of benzene rings is 2. The van der Waals surface area contributed by atoms with E-state index in [1.54, 1.807) is 6.07 Å². The molecule has 0 amide bonds. The zero-order valence-electron chi connectivity index (χ0n) is 12.3. The Labute approximate surface area is 132 Å². The fraction of sp³-hybridized carbons (Fsp3) is 0.250. The highest BCUT2D eigenvalue weighted by Crippen LogP contribution is 2.30. The Morgan fingerprint density at radius 2 is 1.95 bits per heavy atom. The second-order valence-corrected chi connectivity index (χ2v) is 5.95. The van der Waals surface area contributed by atoms with Gasteiger partial charge in [0, 0.05) is 25.3 Å². The van der Waals surface area contributed by atoms with Crippen LogP contribution in [0.3, 0.4) is 0 Å². The molecule has 0 fully saturated rings. The molecule has 0 N–H and O–H groups in total. The first-order chi connectivity index (χ1) is 9.90. The van der Waals surface area contributed by atoms with Gasteiger partial charge in [0.2, 0.25) is 0 Å². The van der Waals surface area contributed by atoms with Crippen molar-refractivity contribution in [3.63, 3.8) is 0 Å². The fourth-order valence-electron chi connectivity index (χ4n) is 2.40. The van der Waals surface area contributed by atoms with Crippen LogP contribution in [0.25, 0.3) is 0 Å². The van der Waals surface area contributed by atoms with Gasteiger partial charge in [0.25, 0.3) is 5.69 Å². The van der Waals surface area contributed by atoms with E-state index in [1.807, 2.05) is 13.1 Å². The Kier molecular flexibility index (Phi) is 4.63. The van der Waals surface area contributed by atoms with Gasteiger partial charge in [0.15, 0.2) is 0 Å². The molecular weight excluding hydrogens is 332 g/mol. The van der Waals surface area contributed by atoms with Gasteiger partial charge in [-0.1, -0.05) is 29.8 Å². The molecule has 0 spiro atoms. The van der Waals surface area contributed by atoms with Crippen LogP contribution in [0.4, 0.5) is 11.4 Å². The third-order valence-electron chi connectivity index (χ3n) is 3.43. The number of nitro benzene ring substituents is 1. The molecule has 4 nitrogen and oxygen atoms in total. The lowest BCUT2D eigenvalue weighted by Crippen LogP contribution is -2.18. The number of aryl methyl sites for hydroxylation is 2. The van der Waals surface area contributed by atoms with Crippen LogP contribution in [-0.4, -0.2) is 12.0 Å². The van der Waals surface area contributed by atoms with Crippen molar-refractivity contribution < 1.29 is 4.92 Å².